The third-order valence-electron chi connectivity index (χ3n) is 4.24. The van der Waals surface area contributed by atoms with Crippen LogP contribution >= 0.6 is 0 Å². The predicted molar refractivity (Wildman–Crippen MR) is 73.8 cm³/mol. The van der Waals surface area contributed by atoms with Gasteiger partial charge in [0.2, 0.25) is 0 Å². The van der Waals surface area contributed by atoms with E-state index in [1.807, 2.05) is 0 Å². The summed E-state index contributed by atoms with van der Waals surface area (Å²) < 4.78 is 5.31. The Morgan fingerprint density at radius 3 is 2.57 bits per heavy atom. The third-order valence-corrected chi connectivity index (χ3v) is 4.24. The van der Waals surface area contributed by atoms with Gasteiger partial charge in [0.1, 0.15) is 0 Å². The molecule has 0 spiro atoms. The molecule has 110 valence electrons. The van der Waals surface area contributed by atoms with Crippen LogP contribution in [-0.4, -0.2) is 62.9 Å². The minimum atomic E-state index is -0.196. The second-order valence-electron chi connectivity index (χ2n) is 5.51. The van der Waals surface area contributed by atoms with Crippen molar-refractivity contribution in [2.45, 2.75) is 6.04 Å². The summed E-state index contributed by atoms with van der Waals surface area (Å²) in [5.41, 5.74) is 0.598. The lowest BCUT2D eigenvalue weighted by Crippen LogP contribution is -2.57. The van der Waals surface area contributed by atoms with E-state index in [1.54, 1.807) is 6.07 Å². The lowest BCUT2D eigenvalue weighted by molar-refractivity contribution is 0.00781. The third kappa shape index (κ3) is 2.14. The number of aromatic nitrogens is 2. The van der Waals surface area contributed by atoms with E-state index in [0.717, 1.165) is 32.7 Å². The van der Waals surface area contributed by atoms with Gasteiger partial charge in [-0.3, -0.25) is 9.80 Å². The van der Waals surface area contributed by atoms with Gasteiger partial charge in [-0.1, -0.05) is 5.16 Å². The highest BCUT2D eigenvalue weighted by Crippen LogP contribution is 2.32. The van der Waals surface area contributed by atoms with E-state index in [-0.39, 0.29) is 17.5 Å². The average molecular weight is 288 g/mol. The number of hydrogen-bond acceptors (Lipinski definition) is 7. The molecule has 1 aromatic heterocycles. The van der Waals surface area contributed by atoms with Crippen molar-refractivity contribution in [2.24, 2.45) is 0 Å². The Bertz CT molecular complexity index is 664. The second kappa shape index (κ2) is 4.71. The predicted octanol–water partition coefficient (Wildman–Crippen LogP) is 0.820. The maximum Gasteiger partial charge on any atom is 0.258 e. The van der Waals surface area contributed by atoms with Gasteiger partial charge >= 0.3 is 0 Å². The van der Waals surface area contributed by atoms with Crippen molar-refractivity contribution in [3.63, 3.8) is 0 Å². The van der Waals surface area contributed by atoms with Crippen molar-refractivity contribution in [3.8, 4) is 23.0 Å². The van der Waals surface area contributed by atoms with E-state index >= 15 is 0 Å². The molecule has 21 heavy (non-hydrogen) atoms. The molecular formula is C14H16N4O3. The fourth-order valence-electron chi connectivity index (χ4n) is 3.01. The Labute approximate surface area is 121 Å². The molecule has 1 unspecified atom stereocenters. The molecule has 1 atom stereocenters. The minimum absolute atomic E-state index is 0.165. The molecule has 2 N–H and O–H groups in total. The van der Waals surface area contributed by atoms with Gasteiger partial charge in [0, 0.05) is 38.3 Å². The van der Waals surface area contributed by atoms with Crippen LogP contribution in [-0.2, 0) is 0 Å². The topological polar surface area (TPSA) is 85.9 Å². The van der Waals surface area contributed by atoms with Crippen molar-refractivity contribution in [1.29, 1.82) is 0 Å². The summed E-state index contributed by atoms with van der Waals surface area (Å²) in [6.07, 6.45) is 0. The van der Waals surface area contributed by atoms with E-state index in [2.05, 4.69) is 19.9 Å². The van der Waals surface area contributed by atoms with Gasteiger partial charge in [-0.2, -0.15) is 4.98 Å². The first kappa shape index (κ1) is 12.6. The van der Waals surface area contributed by atoms with E-state index in [9.17, 15) is 10.2 Å². The van der Waals surface area contributed by atoms with Gasteiger partial charge in [0.05, 0.1) is 6.04 Å². The number of phenolic OH excluding ortho intramolecular Hbond substituents is 2. The van der Waals surface area contributed by atoms with Gasteiger partial charge in [-0.25, -0.2) is 0 Å². The Morgan fingerprint density at radius 1 is 1.10 bits per heavy atom. The van der Waals surface area contributed by atoms with Crippen LogP contribution in [0, 0.1) is 0 Å². The fraction of sp³-hybridized carbons (Fsp3) is 0.429. The first-order valence-electron chi connectivity index (χ1n) is 7.03. The van der Waals surface area contributed by atoms with Gasteiger partial charge < -0.3 is 14.7 Å². The smallest absolute Gasteiger partial charge is 0.258 e. The number of aromatic hydroxyl groups is 2. The van der Waals surface area contributed by atoms with E-state index < -0.39 is 0 Å². The first-order valence-corrected chi connectivity index (χ1v) is 7.03. The number of phenols is 2. The summed E-state index contributed by atoms with van der Waals surface area (Å²) >= 11 is 0. The van der Waals surface area contributed by atoms with Crippen LogP contribution in [0.4, 0.5) is 0 Å². The van der Waals surface area contributed by atoms with Crippen molar-refractivity contribution in [3.05, 3.63) is 24.0 Å². The molecule has 5 rings (SSSR count). The molecule has 0 amide bonds. The van der Waals surface area contributed by atoms with Crippen LogP contribution in [0.1, 0.15) is 11.9 Å². The number of benzene rings is 1. The van der Waals surface area contributed by atoms with Crippen molar-refractivity contribution in [1.82, 2.24) is 19.9 Å². The summed E-state index contributed by atoms with van der Waals surface area (Å²) in [5.74, 6) is 0.681. The molecule has 3 aliphatic heterocycles. The standard InChI is InChI=1S/C14H16N4O3/c19-11-2-1-9(7-12(11)20)14-15-13(16-21-14)10-8-17-3-5-18(10)6-4-17/h1-2,7,10,19-20H,3-6,8H2. The van der Waals surface area contributed by atoms with E-state index in [1.165, 1.54) is 12.1 Å². The van der Waals surface area contributed by atoms with Crippen molar-refractivity contribution >= 4 is 0 Å². The van der Waals surface area contributed by atoms with Crippen LogP contribution in [0.25, 0.3) is 11.5 Å². The Hall–Kier alpha value is -2.12. The fourth-order valence-corrected chi connectivity index (χ4v) is 3.01. The average Bonchev–Trinajstić information content (AvgIpc) is 3.01. The van der Waals surface area contributed by atoms with Gasteiger partial charge in [0.15, 0.2) is 17.3 Å². The van der Waals surface area contributed by atoms with Crippen LogP contribution in [0.5, 0.6) is 11.5 Å². The summed E-state index contributed by atoms with van der Waals surface area (Å²) in [6, 6.07) is 4.65. The zero-order valence-corrected chi connectivity index (χ0v) is 11.4. The number of rotatable bonds is 2. The first-order chi connectivity index (χ1) is 10.2. The minimum Gasteiger partial charge on any atom is -0.504 e. The van der Waals surface area contributed by atoms with Crippen LogP contribution in [0.15, 0.2) is 22.7 Å². The highest BCUT2D eigenvalue weighted by Gasteiger charge is 2.35. The van der Waals surface area contributed by atoms with E-state index in [4.69, 9.17) is 4.52 Å². The highest BCUT2D eigenvalue weighted by atomic mass is 16.5. The molecule has 1 aromatic carbocycles. The molecule has 0 saturated carbocycles. The molecular weight excluding hydrogens is 272 g/mol. The molecule has 3 fully saturated rings. The summed E-state index contributed by atoms with van der Waals surface area (Å²) in [4.78, 5) is 9.24. The van der Waals surface area contributed by atoms with Gasteiger partial charge in [-0.05, 0) is 18.2 Å². The SMILES string of the molecule is Oc1ccc(-c2nc(C3CN4CCN3CC4)no2)cc1O. The Balaban J connectivity index is 1.62. The number of fused-ring (bicyclic) bond motifs is 3. The lowest BCUT2D eigenvalue weighted by Gasteiger charge is -2.46. The molecule has 0 radical (unpaired) electrons. The normalized spacial score (nSPS) is 27.9. The van der Waals surface area contributed by atoms with Crippen LogP contribution < -0.4 is 0 Å². The van der Waals surface area contributed by atoms with Gasteiger partial charge in [-0.15, -0.1) is 0 Å². The molecule has 7 nitrogen and oxygen atoms in total. The maximum atomic E-state index is 9.55. The molecule has 0 aliphatic carbocycles. The maximum absolute atomic E-state index is 9.55. The van der Waals surface area contributed by atoms with Crippen LogP contribution in [0.2, 0.25) is 0 Å². The number of hydrogen-bond donors (Lipinski definition) is 2. The molecule has 2 bridgehead atoms. The summed E-state index contributed by atoms with van der Waals surface area (Å²) in [6.45, 7) is 5.21. The highest BCUT2D eigenvalue weighted by molar-refractivity contribution is 5.58. The molecule has 3 aliphatic rings. The summed E-state index contributed by atoms with van der Waals surface area (Å²) in [5, 5.41) is 23.0. The zero-order valence-electron chi connectivity index (χ0n) is 11.4. The lowest BCUT2D eigenvalue weighted by atomic mass is 10.1. The molecule has 7 heteroatoms. The van der Waals surface area contributed by atoms with E-state index in [0.29, 0.717) is 17.3 Å². The largest absolute Gasteiger partial charge is 0.504 e. The second-order valence-corrected chi connectivity index (χ2v) is 5.51. The quantitative estimate of drug-likeness (QED) is 0.791. The van der Waals surface area contributed by atoms with Crippen molar-refractivity contribution in [2.75, 3.05) is 32.7 Å². The van der Waals surface area contributed by atoms with Gasteiger partial charge in [0.25, 0.3) is 5.89 Å². The molecule has 4 heterocycles. The summed E-state index contributed by atoms with van der Waals surface area (Å²) in [7, 11) is 0. The zero-order chi connectivity index (χ0) is 14.4. The molecule has 2 aromatic rings. The Morgan fingerprint density at radius 2 is 1.90 bits per heavy atom. The van der Waals surface area contributed by atoms with Crippen molar-refractivity contribution < 1.29 is 14.7 Å². The number of nitrogens with zero attached hydrogens (tertiary/aromatic N) is 4. The number of piperazine rings is 3. The monoisotopic (exact) mass is 288 g/mol. The van der Waals surface area contributed by atoms with Crippen LogP contribution in [0.3, 0.4) is 0 Å². The Kier molecular flexibility index (Phi) is 2.83. The molecule has 3 saturated heterocycles.